The molecule has 6 heteroatoms. The van der Waals surface area contributed by atoms with Crippen LogP contribution in [0.5, 0.6) is 0 Å². The van der Waals surface area contributed by atoms with Gasteiger partial charge in [0.05, 0.1) is 0 Å². The van der Waals surface area contributed by atoms with E-state index in [0.717, 1.165) is 77.0 Å². The molecule has 0 aliphatic rings. The lowest BCUT2D eigenvalue weighted by molar-refractivity contribution is -0.167. The van der Waals surface area contributed by atoms with Crippen molar-refractivity contribution in [3.8, 4) is 0 Å². The Kier molecular flexibility index (Phi) is 66.6. The molecule has 0 spiro atoms. The summed E-state index contributed by atoms with van der Waals surface area (Å²) in [6.07, 6.45) is 83.5. The van der Waals surface area contributed by atoms with Crippen molar-refractivity contribution >= 4 is 17.9 Å². The quantitative estimate of drug-likeness (QED) is 0.0261. The van der Waals surface area contributed by atoms with Crippen LogP contribution < -0.4 is 0 Å². The number of esters is 3. The number of ether oxygens (including phenoxy) is 3. The highest BCUT2D eigenvalue weighted by molar-refractivity contribution is 5.71. The van der Waals surface area contributed by atoms with Crippen molar-refractivity contribution in [1.82, 2.24) is 0 Å². The van der Waals surface area contributed by atoms with Gasteiger partial charge in [0, 0.05) is 19.3 Å². The number of allylic oxidation sites excluding steroid dienone is 4. The predicted octanol–water partition coefficient (Wildman–Crippen LogP) is 24.6. The second kappa shape index (κ2) is 68.4. The molecule has 0 bridgehead atoms. The molecule has 0 aromatic carbocycles. The average Bonchev–Trinajstić information content (AvgIpc) is 3.45. The predicted molar refractivity (Wildman–Crippen MR) is 344 cm³/mol. The molecule has 0 saturated carbocycles. The second-order valence-electron chi connectivity index (χ2n) is 24.5. The summed E-state index contributed by atoms with van der Waals surface area (Å²) in [5.41, 5.74) is 0. The van der Waals surface area contributed by atoms with Crippen molar-refractivity contribution in [2.45, 2.75) is 412 Å². The topological polar surface area (TPSA) is 78.9 Å². The summed E-state index contributed by atoms with van der Waals surface area (Å²) in [6.45, 7) is 6.70. The molecule has 0 aromatic heterocycles. The molecule has 0 amide bonds. The largest absolute Gasteiger partial charge is 0.462 e. The van der Waals surface area contributed by atoms with Crippen LogP contribution in [0.4, 0.5) is 0 Å². The van der Waals surface area contributed by atoms with E-state index in [4.69, 9.17) is 14.2 Å². The van der Waals surface area contributed by atoms with E-state index in [-0.39, 0.29) is 31.1 Å². The minimum Gasteiger partial charge on any atom is -0.462 e. The van der Waals surface area contributed by atoms with E-state index >= 15 is 0 Å². The first-order valence-corrected chi connectivity index (χ1v) is 35.8. The first-order chi connectivity index (χ1) is 39.0. The van der Waals surface area contributed by atoms with E-state index in [1.165, 1.54) is 289 Å². The van der Waals surface area contributed by atoms with Crippen molar-refractivity contribution < 1.29 is 28.6 Å². The summed E-state index contributed by atoms with van der Waals surface area (Å²) in [5, 5.41) is 0. The second-order valence-corrected chi connectivity index (χ2v) is 24.5. The highest BCUT2D eigenvalue weighted by atomic mass is 16.6. The minimum absolute atomic E-state index is 0.0691. The van der Waals surface area contributed by atoms with Crippen molar-refractivity contribution in [3.63, 3.8) is 0 Å². The monoisotopic (exact) mass is 1110 g/mol. The summed E-state index contributed by atoms with van der Waals surface area (Å²) in [5.74, 6) is -0.849. The van der Waals surface area contributed by atoms with Crippen LogP contribution in [0.25, 0.3) is 0 Å². The molecule has 0 radical (unpaired) electrons. The average molecular weight is 1110 g/mol. The Morgan fingerprint density at radius 1 is 0.253 bits per heavy atom. The van der Waals surface area contributed by atoms with Crippen LogP contribution in [-0.2, 0) is 28.6 Å². The lowest BCUT2D eigenvalue weighted by Gasteiger charge is -2.18. The Bertz CT molecular complexity index is 1270. The molecule has 6 nitrogen and oxygen atoms in total. The van der Waals surface area contributed by atoms with Crippen LogP contribution in [0.2, 0.25) is 0 Å². The number of rotatable bonds is 67. The maximum absolute atomic E-state index is 13.0. The summed E-state index contributed by atoms with van der Waals surface area (Å²) in [7, 11) is 0. The fourth-order valence-corrected chi connectivity index (χ4v) is 11.1. The van der Waals surface area contributed by atoms with Gasteiger partial charge < -0.3 is 14.2 Å². The molecule has 0 aromatic rings. The smallest absolute Gasteiger partial charge is 0.306 e. The van der Waals surface area contributed by atoms with Crippen molar-refractivity contribution in [1.29, 1.82) is 0 Å². The molecule has 0 N–H and O–H groups in total. The van der Waals surface area contributed by atoms with Crippen LogP contribution in [0, 0.1) is 0 Å². The number of hydrogen-bond acceptors (Lipinski definition) is 6. The van der Waals surface area contributed by atoms with Crippen LogP contribution in [0.1, 0.15) is 406 Å². The Hall–Kier alpha value is -2.11. The van der Waals surface area contributed by atoms with Gasteiger partial charge >= 0.3 is 17.9 Å². The molecule has 79 heavy (non-hydrogen) atoms. The Balaban J connectivity index is 4.27. The van der Waals surface area contributed by atoms with Gasteiger partial charge in [-0.3, -0.25) is 14.4 Å². The number of carbonyl (C=O) groups is 3. The molecule has 0 saturated heterocycles. The van der Waals surface area contributed by atoms with Gasteiger partial charge in [-0.05, 0) is 51.4 Å². The maximum atomic E-state index is 13.0. The van der Waals surface area contributed by atoms with Crippen molar-refractivity contribution in [2.75, 3.05) is 13.2 Å². The molecule has 1 atom stereocenters. The number of hydrogen-bond donors (Lipinski definition) is 0. The Labute approximate surface area is 493 Å². The van der Waals surface area contributed by atoms with E-state index in [9.17, 15) is 14.4 Å². The fraction of sp³-hybridized carbons (Fsp3) is 0.904. The molecule has 0 fully saturated rings. The molecular formula is C73H138O6. The van der Waals surface area contributed by atoms with E-state index < -0.39 is 6.10 Å². The van der Waals surface area contributed by atoms with Crippen LogP contribution in [0.15, 0.2) is 24.3 Å². The van der Waals surface area contributed by atoms with Gasteiger partial charge in [0.25, 0.3) is 0 Å². The number of carbonyl (C=O) groups excluding carboxylic acids is 3. The van der Waals surface area contributed by atoms with Crippen LogP contribution >= 0.6 is 0 Å². The van der Waals surface area contributed by atoms with Gasteiger partial charge in [0.1, 0.15) is 13.2 Å². The van der Waals surface area contributed by atoms with Crippen molar-refractivity contribution in [2.24, 2.45) is 0 Å². The highest BCUT2D eigenvalue weighted by Gasteiger charge is 2.19. The van der Waals surface area contributed by atoms with Crippen molar-refractivity contribution in [3.05, 3.63) is 24.3 Å². The van der Waals surface area contributed by atoms with Crippen LogP contribution in [0.3, 0.4) is 0 Å². The molecule has 1 unspecified atom stereocenters. The highest BCUT2D eigenvalue weighted by Crippen LogP contribution is 2.19. The van der Waals surface area contributed by atoms with Gasteiger partial charge in [0.15, 0.2) is 6.10 Å². The summed E-state index contributed by atoms with van der Waals surface area (Å²) in [4.78, 5) is 38.5. The SMILES string of the molecule is CCCCCC/C=C\C/C=C\CCCCCCCC(=O)OCC(COC(=O)CCCCCCCCCCCCCCCCCCCCCCCCC)OC(=O)CCCCCCCCCCCCCCCCCCCCCCCC. The number of unbranched alkanes of at least 4 members (excludes halogenated alkanes) is 52. The zero-order valence-corrected chi connectivity index (χ0v) is 53.7. The van der Waals surface area contributed by atoms with E-state index in [2.05, 4.69) is 45.1 Å². The van der Waals surface area contributed by atoms with E-state index in [1.807, 2.05) is 0 Å². The third-order valence-electron chi connectivity index (χ3n) is 16.5. The first-order valence-electron chi connectivity index (χ1n) is 35.8. The summed E-state index contributed by atoms with van der Waals surface area (Å²) < 4.78 is 17.0. The molecule has 0 heterocycles. The van der Waals surface area contributed by atoms with Gasteiger partial charge in [-0.2, -0.15) is 0 Å². The third kappa shape index (κ3) is 66.6. The normalized spacial score (nSPS) is 12.1. The lowest BCUT2D eigenvalue weighted by atomic mass is 10.0. The third-order valence-corrected chi connectivity index (χ3v) is 16.5. The van der Waals surface area contributed by atoms with Gasteiger partial charge in [-0.15, -0.1) is 0 Å². The van der Waals surface area contributed by atoms with Gasteiger partial charge in [0.2, 0.25) is 0 Å². The lowest BCUT2D eigenvalue weighted by Crippen LogP contribution is -2.30. The zero-order chi connectivity index (χ0) is 57.1. The standard InChI is InChI=1S/C73H138O6/c1-4-7-10-13-16-19-22-25-28-31-33-35-37-39-40-42-45-48-51-54-57-60-63-66-72(75)78-69-70(68-77-71(74)65-62-59-56-53-50-47-44-30-27-24-21-18-15-12-9-6-3)79-73(76)67-64-61-58-55-52-49-46-43-41-38-36-34-32-29-26-23-20-17-14-11-8-5-2/h21,24,30,44,70H,4-20,22-23,25-29,31-43,45-69H2,1-3H3/b24-21-,44-30-. The maximum Gasteiger partial charge on any atom is 0.306 e. The Morgan fingerprint density at radius 3 is 0.709 bits per heavy atom. The summed E-state index contributed by atoms with van der Waals surface area (Å²) in [6, 6.07) is 0. The Morgan fingerprint density at radius 2 is 0.456 bits per heavy atom. The summed E-state index contributed by atoms with van der Waals surface area (Å²) >= 11 is 0. The van der Waals surface area contributed by atoms with Gasteiger partial charge in [-0.1, -0.05) is 360 Å². The first kappa shape index (κ1) is 76.9. The fourth-order valence-electron chi connectivity index (χ4n) is 11.1. The van der Waals surface area contributed by atoms with Gasteiger partial charge in [-0.25, -0.2) is 0 Å². The zero-order valence-electron chi connectivity index (χ0n) is 53.7. The molecule has 0 aliphatic carbocycles. The molecule has 0 aliphatic heterocycles. The molecular weight excluding hydrogens is 973 g/mol. The van der Waals surface area contributed by atoms with E-state index in [1.54, 1.807) is 0 Å². The minimum atomic E-state index is -0.774. The molecule has 0 rings (SSSR count). The van der Waals surface area contributed by atoms with Crippen LogP contribution in [-0.4, -0.2) is 37.2 Å². The van der Waals surface area contributed by atoms with E-state index in [0.29, 0.717) is 19.3 Å². The molecule has 466 valence electrons.